The molecule has 0 aliphatic heterocycles. The second kappa shape index (κ2) is 5.54. The molecule has 0 saturated carbocycles. The zero-order chi connectivity index (χ0) is 14.9. The van der Waals surface area contributed by atoms with Crippen molar-refractivity contribution in [3.63, 3.8) is 0 Å². The van der Waals surface area contributed by atoms with Gasteiger partial charge in [-0.3, -0.25) is 4.79 Å². The number of aliphatic carboxylic acids is 1. The van der Waals surface area contributed by atoms with Crippen LogP contribution in [0.1, 0.15) is 25.1 Å². The molecule has 2 N–H and O–H groups in total. The van der Waals surface area contributed by atoms with Gasteiger partial charge in [0.15, 0.2) is 5.13 Å². The maximum atomic E-state index is 11.2. The summed E-state index contributed by atoms with van der Waals surface area (Å²) < 4.78 is 1.02. The molecule has 0 radical (unpaired) electrons. The second-order valence-electron chi connectivity index (χ2n) is 5.06. The van der Waals surface area contributed by atoms with E-state index in [4.69, 9.17) is 0 Å². The smallest absolute Gasteiger partial charge is 0.315 e. The Labute approximate surface area is 130 Å². The predicted molar refractivity (Wildman–Crippen MR) is 84.9 cm³/mol. The Balaban J connectivity index is 2.21. The molecule has 20 heavy (non-hydrogen) atoms. The van der Waals surface area contributed by atoms with Gasteiger partial charge in [0.05, 0.1) is 5.69 Å². The third-order valence-electron chi connectivity index (χ3n) is 3.10. The van der Waals surface area contributed by atoms with E-state index in [1.165, 1.54) is 11.3 Å². The first-order chi connectivity index (χ1) is 9.30. The van der Waals surface area contributed by atoms with Gasteiger partial charge in [-0.25, -0.2) is 4.98 Å². The van der Waals surface area contributed by atoms with E-state index < -0.39 is 11.4 Å². The molecule has 0 aliphatic rings. The van der Waals surface area contributed by atoms with E-state index in [1.807, 2.05) is 25.1 Å². The lowest BCUT2D eigenvalue weighted by Gasteiger charge is -2.15. The van der Waals surface area contributed by atoms with Gasteiger partial charge in [-0.05, 0) is 38.5 Å². The van der Waals surface area contributed by atoms with Crippen molar-refractivity contribution in [2.45, 2.75) is 26.2 Å². The molecule has 106 valence electrons. The van der Waals surface area contributed by atoms with Crippen LogP contribution in [0.15, 0.2) is 28.1 Å². The van der Waals surface area contributed by atoms with Gasteiger partial charge in [0, 0.05) is 15.5 Å². The van der Waals surface area contributed by atoms with Crippen LogP contribution in [0, 0.1) is 6.92 Å². The molecule has 0 saturated heterocycles. The number of thiazole rings is 1. The number of hydrogen-bond acceptors (Lipinski definition) is 4. The molecule has 2 aromatic rings. The molecule has 0 aliphatic carbocycles. The van der Waals surface area contributed by atoms with Crippen LogP contribution < -0.4 is 5.32 Å². The number of carboxylic acids is 1. The molecular weight excluding hydrogens is 340 g/mol. The first-order valence-corrected chi connectivity index (χ1v) is 7.70. The van der Waals surface area contributed by atoms with Crippen molar-refractivity contribution >= 4 is 44.1 Å². The molecule has 0 amide bonds. The van der Waals surface area contributed by atoms with Gasteiger partial charge < -0.3 is 10.4 Å². The molecular formula is C14H15BrN2O2S. The van der Waals surface area contributed by atoms with Crippen molar-refractivity contribution in [1.29, 1.82) is 0 Å². The minimum Gasteiger partial charge on any atom is -0.481 e. The van der Waals surface area contributed by atoms with Crippen molar-refractivity contribution < 1.29 is 9.90 Å². The second-order valence-corrected chi connectivity index (χ2v) is 6.77. The minimum absolute atomic E-state index is 0.559. The fourth-order valence-electron chi connectivity index (χ4n) is 1.52. The Morgan fingerprint density at radius 1 is 1.45 bits per heavy atom. The number of aromatic nitrogens is 1. The molecule has 1 aromatic carbocycles. The van der Waals surface area contributed by atoms with Gasteiger partial charge in [0.2, 0.25) is 0 Å². The van der Waals surface area contributed by atoms with Crippen LogP contribution in [0.5, 0.6) is 0 Å². The quantitative estimate of drug-likeness (QED) is 0.858. The van der Waals surface area contributed by atoms with Crippen molar-refractivity contribution in [3.05, 3.63) is 39.3 Å². The van der Waals surface area contributed by atoms with Crippen LogP contribution in [0.3, 0.4) is 0 Å². The molecule has 0 unspecified atom stereocenters. The van der Waals surface area contributed by atoms with E-state index in [-0.39, 0.29) is 0 Å². The monoisotopic (exact) mass is 354 g/mol. The first kappa shape index (κ1) is 15.0. The van der Waals surface area contributed by atoms with Gasteiger partial charge in [0.1, 0.15) is 5.41 Å². The van der Waals surface area contributed by atoms with Gasteiger partial charge in [-0.2, -0.15) is 0 Å². The van der Waals surface area contributed by atoms with E-state index in [9.17, 15) is 9.90 Å². The molecule has 4 nitrogen and oxygen atoms in total. The van der Waals surface area contributed by atoms with E-state index in [1.54, 1.807) is 19.2 Å². The summed E-state index contributed by atoms with van der Waals surface area (Å²) in [7, 11) is 0. The van der Waals surface area contributed by atoms with Crippen molar-refractivity contribution in [1.82, 2.24) is 4.98 Å². The van der Waals surface area contributed by atoms with E-state index in [2.05, 4.69) is 26.2 Å². The number of hydrogen-bond donors (Lipinski definition) is 2. The Morgan fingerprint density at radius 2 is 2.15 bits per heavy atom. The highest BCUT2D eigenvalue weighted by molar-refractivity contribution is 9.10. The Hall–Kier alpha value is -1.40. The summed E-state index contributed by atoms with van der Waals surface area (Å²) in [4.78, 5) is 15.6. The van der Waals surface area contributed by atoms with Gasteiger partial charge in [-0.1, -0.05) is 22.0 Å². The van der Waals surface area contributed by atoms with Crippen molar-refractivity contribution in [2.75, 3.05) is 5.32 Å². The minimum atomic E-state index is -0.982. The third-order valence-corrected chi connectivity index (χ3v) is 4.71. The lowest BCUT2D eigenvalue weighted by molar-refractivity contribution is -0.142. The van der Waals surface area contributed by atoms with E-state index in [0.717, 1.165) is 15.7 Å². The molecule has 6 heteroatoms. The number of carboxylic acid groups (broad SMARTS) is 1. The molecule has 2 rings (SSSR count). The number of carbonyl (C=O) groups is 1. The largest absolute Gasteiger partial charge is 0.481 e. The van der Waals surface area contributed by atoms with Crippen LogP contribution in [0.2, 0.25) is 0 Å². The average Bonchev–Trinajstić information content (AvgIpc) is 2.83. The summed E-state index contributed by atoms with van der Waals surface area (Å²) in [5, 5.41) is 14.8. The zero-order valence-electron chi connectivity index (χ0n) is 11.4. The van der Waals surface area contributed by atoms with Crippen molar-refractivity contribution in [3.8, 4) is 0 Å². The molecule has 0 bridgehead atoms. The Bertz CT molecular complexity index is 652. The molecule has 0 fully saturated rings. The SMILES string of the molecule is Cc1ccc(Nc2nc(C(C)(C)C(=O)O)cs2)cc1Br. The summed E-state index contributed by atoms with van der Waals surface area (Å²) in [6, 6.07) is 5.93. The van der Waals surface area contributed by atoms with Gasteiger partial charge in [-0.15, -0.1) is 11.3 Å². The summed E-state index contributed by atoms with van der Waals surface area (Å²) in [6.07, 6.45) is 0. The van der Waals surface area contributed by atoms with Gasteiger partial charge >= 0.3 is 5.97 Å². The van der Waals surface area contributed by atoms with E-state index in [0.29, 0.717) is 10.8 Å². The fraction of sp³-hybridized carbons (Fsp3) is 0.286. The number of nitrogens with zero attached hydrogens (tertiary/aromatic N) is 1. The number of halogens is 1. The summed E-state index contributed by atoms with van der Waals surface area (Å²) in [5.74, 6) is -0.882. The number of nitrogens with one attached hydrogen (secondary N) is 1. The average molecular weight is 355 g/mol. The predicted octanol–water partition coefficient (Wildman–Crippen LogP) is 4.32. The lowest BCUT2D eigenvalue weighted by Crippen LogP contribution is -2.28. The zero-order valence-corrected chi connectivity index (χ0v) is 13.8. The van der Waals surface area contributed by atoms with Crippen LogP contribution in [-0.2, 0) is 10.2 Å². The van der Waals surface area contributed by atoms with Gasteiger partial charge in [0.25, 0.3) is 0 Å². The Morgan fingerprint density at radius 3 is 2.75 bits per heavy atom. The third kappa shape index (κ3) is 3.02. The maximum absolute atomic E-state index is 11.2. The van der Waals surface area contributed by atoms with Crippen LogP contribution in [0.25, 0.3) is 0 Å². The van der Waals surface area contributed by atoms with Crippen LogP contribution >= 0.6 is 27.3 Å². The number of benzene rings is 1. The van der Waals surface area contributed by atoms with Crippen LogP contribution in [-0.4, -0.2) is 16.1 Å². The number of aryl methyl sites for hydroxylation is 1. The maximum Gasteiger partial charge on any atom is 0.315 e. The molecule has 0 spiro atoms. The molecule has 1 heterocycles. The summed E-state index contributed by atoms with van der Waals surface area (Å²) >= 11 is 4.88. The highest BCUT2D eigenvalue weighted by atomic mass is 79.9. The van der Waals surface area contributed by atoms with Crippen LogP contribution in [0.4, 0.5) is 10.8 Å². The Kier molecular flexibility index (Phi) is 4.15. The number of anilines is 2. The lowest BCUT2D eigenvalue weighted by atomic mass is 9.90. The molecule has 1 aromatic heterocycles. The fourth-order valence-corrected chi connectivity index (χ4v) is 2.80. The van der Waals surface area contributed by atoms with E-state index >= 15 is 0 Å². The standard InChI is InChI=1S/C14H15BrN2O2S/c1-8-4-5-9(6-10(8)15)16-13-17-11(7-20-13)14(2,3)12(18)19/h4-7H,1-3H3,(H,16,17)(H,18,19). The first-order valence-electron chi connectivity index (χ1n) is 6.03. The topological polar surface area (TPSA) is 62.2 Å². The highest BCUT2D eigenvalue weighted by Crippen LogP contribution is 2.30. The normalized spacial score (nSPS) is 11.4. The highest BCUT2D eigenvalue weighted by Gasteiger charge is 2.32. The van der Waals surface area contributed by atoms with Crippen molar-refractivity contribution in [2.24, 2.45) is 0 Å². The molecule has 0 atom stereocenters. The summed E-state index contributed by atoms with van der Waals surface area (Å²) in [5.41, 5.74) is 1.65. The summed E-state index contributed by atoms with van der Waals surface area (Å²) in [6.45, 7) is 5.32. The number of rotatable bonds is 4.